The molecule has 0 aliphatic heterocycles. The minimum absolute atomic E-state index is 0.0844. The first-order valence-electron chi connectivity index (χ1n) is 11.0. The maximum absolute atomic E-state index is 11.5. The largest absolute Gasteiger partial charge is 0.507 e. The van der Waals surface area contributed by atoms with E-state index in [2.05, 4.69) is 95.2 Å². The van der Waals surface area contributed by atoms with Gasteiger partial charge >= 0.3 is 0 Å². The van der Waals surface area contributed by atoms with E-state index in [1.807, 2.05) is 12.1 Å². The summed E-state index contributed by atoms with van der Waals surface area (Å²) in [6, 6.07) is 8.05. The van der Waals surface area contributed by atoms with E-state index < -0.39 is 0 Å². The molecule has 2 heteroatoms. The summed E-state index contributed by atoms with van der Waals surface area (Å²) in [6.07, 6.45) is 0. The second-order valence-electron chi connectivity index (χ2n) is 12.8. The van der Waals surface area contributed by atoms with Crippen molar-refractivity contribution in [2.24, 2.45) is 0 Å². The van der Waals surface area contributed by atoms with Gasteiger partial charge < -0.3 is 10.2 Å². The Hall–Kier alpha value is -1.96. The molecule has 0 spiro atoms. The molecule has 0 bridgehead atoms. The van der Waals surface area contributed by atoms with Gasteiger partial charge in [0.05, 0.1) is 0 Å². The van der Waals surface area contributed by atoms with Crippen LogP contribution < -0.4 is 0 Å². The van der Waals surface area contributed by atoms with E-state index in [-0.39, 0.29) is 33.2 Å². The zero-order valence-electron chi connectivity index (χ0n) is 21.2. The standard InChI is InChI=1S/C28H42O2/c1-25(2,3)19-14-13-17(24(30)23(19)28(10,11)12)18-15-20(26(4,5)6)21(16-22(18)29)27(7,8)9/h13-16,29-30H,1-12H3. The lowest BCUT2D eigenvalue weighted by Gasteiger charge is -2.33. The number of aromatic hydroxyl groups is 2. The van der Waals surface area contributed by atoms with E-state index in [9.17, 15) is 10.2 Å². The summed E-state index contributed by atoms with van der Waals surface area (Å²) in [6.45, 7) is 26.0. The third-order valence-corrected chi connectivity index (χ3v) is 5.78. The number of hydrogen-bond donors (Lipinski definition) is 2. The molecule has 0 radical (unpaired) electrons. The third-order valence-electron chi connectivity index (χ3n) is 5.78. The molecule has 2 rings (SSSR count). The van der Waals surface area contributed by atoms with Gasteiger partial charge in [0.25, 0.3) is 0 Å². The normalized spacial score (nSPS) is 13.6. The van der Waals surface area contributed by atoms with E-state index in [0.717, 1.165) is 16.7 Å². The van der Waals surface area contributed by atoms with Gasteiger partial charge in [-0.1, -0.05) is 95.2 Å². The van der Waals surface area contributed by atoms with Crippen molar-refractivity contribution < 1.29 is 10.2 Å². The van der Waals surface area contributed by atoms with Crippen LogP contribution in [0, 0.1) is 0 Å². The smallest absolute Gasteiger partial charge is 0.127 e. The number of phenols is 2. The fourth-order valence-corrected chi connectivity index (χ4v) is 4.24. The lowest BCUT2D eigenvalue weighted by atomic mass is 9.72. The second-order valence-corrected chi connectivity index (χ2v) is 12.8. The Kier molecular flexibility index (Phi) is 5.93. The molecule has 30 heavy (non-hydrogen) atoms. The highest BCUT2D eigenvalue weighted by molar-refractivity contribution is 5.79. The Morgan fingerprint density at radius 1 is 0.500 bits per heavy atom. The molecule has 0 fully saturated rings. The van der Waals surface area contributed by atoms with Crippen LogP contribution in [0.3, 0.4) is 0 Å². The monoisotopic (exact) mass is 410 g/mol. The molecule has 2 aromatic rings. The molecule has 0 atom stereocenters. The summed E-state index contributed by atoms with van der Waals surface area (Å²) in [4.78, 5) is 0. The summed E-state index contributed by atoms with van der Waals surface area (Å²) in [5.74, 6) is 0.486. The topological polar surface area (TPSA) is 40.5 Å². The first kappa shape index (κ1) is 24.3. The molecular weight excluding hydrogens is 368 g/mol. The van der Waals surface area contributed by atoms with Crippen molar-refractivity contribution in [1.82, 2.24) is 0 Å². The van der Waals surface area contributed by atoms with Gasteiger partial charge in [0.15, 0.2) is 0 Å². The Balaban J connectivity index is 2.92. The van der Waals surface area contributed by atoms with Crippen molar-refractivity contribution in [1.29, 1.82) is 0 Å². The molecule has 2 nitrogen and oxygen atoms in total. The third kappa shape index (κ3) is 4.68. The number of phenolic OH excluding ortho intramolecular Hbond substituents is 2. The highest BCUT2D eigenvalue weighted by atomic mass is 16.3. The number of benzene rings is 2. The van der Waals surface area contributed by atoms with E-state index in [1.54, 1.807) is 0 Å². The van der Waals surface area contributed by atoms with Crippen LogP contribution in [0.5, 0.6) is 11.5 Å². The average molecular weight is 411 g/mol. The highest BCUT2D eigenvalue weighted by Crippen LogP contribution is 2.48. The van der Waals surface area contributed by atoms with Gasteiger partial charge in [0.2, 0.25) is 0 Å². The SMILES string of the molecule is CC(C)(C)c1cc(O)c(-c2ccc(C(C)(C)C)c(C(C)(C)C)c2O)cc1C(C)(C)C. The molecule has 0 aliphatic rings. The van der Waals surface area contributed by atoms with Crippen molar-refractivity contribution >= 4 is 0 Å². The zero-order valence-corrected chi connectivity index (χ0v) is 21.2. The van der Waals surface area contributed by atoms with Crippen LogP contribution in [0.15, 0.2) is 24.3 Å². The second kappa shape index (κ2) is 7.32. The number of hydrogen-bond acceptors (Lipinski definition) is 2. The quantitative estimate of drug-likeness (QED) is 0.500. The summed E-state index contributed by atoms with van der Waals surface area (Å²) in [5.41, 5.74) is 5.31. The maximum Gasteiger partial charge on any atom is 0.127 e. The van der Waals surface area contributed by atoms with Crippen molar-refractivity contribution in [2.75, 3.05) is 0 Å². The molecule has 0 amide bonds. The number of rotatable bonds is 1. The fourth-order valence-electron chi connectivity index (χ4n) is 4.24. The van der Waals surface area contributed by atoms with Crippen LogP contribution in [-0.2, 0) is 21.7 Å². The van der Waals surface area contributed by atoms with Crippen LogP contribution in [0.4, 0.5) is 0 Å². The first-order valence-corrected chi connectivity index (χ1v) is 11.0. The summed E-state index contributed by atoms with van der Waals surface area (Å²) < 4.78 is 0. The Labute approximate surface area is 184 Å². The van der Waals surface area contributed by atoms with Gasteiger partial charge in [-0.15, -0.1) is 0 Å². The van der Waals surface area contributed by atoms with Crippen LogP contribution in [-0.4, -0.2) is 10.2 Å². The van der Waals surface area contributed by atoms with Crippen molar-refractivity contribution in [3.63, 3.8) is 0 Å². The maximum atomic E-state index is 11.5. The molecule has 0 unspecified atom stereocenters. The van der Waals surface area contributed by atoms with Crippen molar-refractivity contribution in [3.8, 4) is 22.6 Å². The van der Waals surface area contributed by atoms with E-state index in [0.29, 0.717) is 11.1 Å². The molecule has 2 aromatic carbocycles. The lowest BCUT2D eigenvalue weighted by molar-refractivity contribution is 0.435. The molecule has 2 N–H and O–H groups in total. The van der Waals surface area contributed by atoms with Gasteiger partial charge in [-0.05, 0) is 50.5 Å². The lowest BCUT2D eigenvalue weighted by Crippen LogP contribution is -2.23. The molecule has 0 saturated carbocycles. The van der Waals surface area contributed by atoms with Gasteiger partial charge in [-0.3, -0.25) is 0 Å². The average Bonchev–Trinajstić information content (AvgIpc) is 2.50. The van der Waals surface area contributed by atoms with Gasteiger partial charge in [0, 0.05) is 16.7 Å². The summed E-state index contributed by atoms with van der Waals surface area (Å²) >= 11 is 0. The minimum Gasteiger partial charge on any atom is -0.507 e. The molecule has 0 aliphatic carbocycles. The van der Waals surface area contributed by atoms with Crippen LogP contribution >= 0.6 is 0 Å². The Morgan fingerprint density at radius 3 is 1.33 bits per heavy atom. The van der Waals surface area contributed by atoms with E-state index in [4.69, 9.17) is 0 Å². The Bertz CT molecular complexity index is 925. The molecule has 0 heterocycles. The predicted octanol–water partition coefficient (Wildman–Crippen LogP) is 7.95. The molecule has 0 aromatic heterocycles. The van der Waals surface area contributed by atoms with E-state index >= 15 is 0 Å². The van der Waals surface area contributed by atoms with Crippen molar-refractivity contribution in [3.05, 3.63) is 46.5 Å². The summed E-state index contributed by atoms with van der Waals surface area (Å²) in [5, 5.41) is 22.5. The highest BCUT2D eigenvalue weighted by Gasteiger charge is 2.32. The molecular formula is C28H42O2. The van der Waals surface area contributed by atoms with Gasteiger partial charge in [-0.25, -0.2) is 0 Å². The van der Waals surface area contributed by atoms with Crippen LogP contribution in [0.2, 0.25) is 0 Å². The molecule has 166 valence electrons. The van der Waals surface area contributed by atoms with Crippen LogP contribution in [0.1, 0.15) is 105 Å². The van der Waals surface area contributed by atoms with Gasteiger partial charge in [-0.2, -0.15) is 0 Å². The van der Waals surface area contributed by atoms with Gasteiger partial charge in [0.1, 0.15) is 11.5 Å². The Morgan fingerprint density at radius 2 is 0.933 bits per heavy atom. The minimum atomic E-state index is -0.226. The molecule has 0 saturated heterocycles. The summed E-state index contributed by atoms with van der Waals surface area (Å²) in [7, 11) is 0. The zero-order chi connectivity index (χ0) is 23.4. The van der Waals surface area contributed by atoms with Crippen molar-refractivity contribution in [2.45, 2.75) is 105 Å². The van der Waals surface area contributed by atoms with Crippen LogP contribution in [0.25, 0.3) is 11.1 Å². The fraction of sp³-hybridized carbons (Fsp3) is 0.571. The first-order chi connectivity index (χ1) is 13.3. The predicted molar refractivity (Wildman–Crippen MR) is 130 cm³/mol. The van der Waals surface area contributed by atoms with E-state index in [1.165, 1.54) is 5.56 Å².